The van der Waals surface area contributed by atoms with Gasteiger partial charge in [0, 0.05) is 16.7 Å². The molecule has 7 aromatic rings. The molecule has 1 aromatic heterocycles. The number of rotatable bonds is 5. The minimum atomic E-state index is 0.708. The van der Waals surface area contributed by atoms with E-state index in [4.69, 9.17) is 9.97 Å². The summed E-state index contributed by atoms with van der Waals surface area (Å²) in [4.78, 5) is 10.2. The first-order valence-corrected chi connectivity index (χ1v) is 13.5. The Morgan fingerprint density at radius 1 is 0.275 bits per heavy atom. The van der Waals surface area contributed by atoms with Crippen molar-refractivity contribution in [1.29, 1.82) is 0 Å². The van der Waals surface area contributed by atoms with Gasteiger partial charge in [0.15, 0.2) is 5.82 Å². The predicted octanol–water partition coefficient (Wildman–Crippen LogP) is 9.96. The van der Waals surface area contributed by atoms with Crippen molar-refractivity contribution < 1.29 is 0 Å². The second-order valence-electron chi connectivity index (χ2n) is 9.92. The van der Waals surface area contributed by atoms with Crippen molar-refractivity contribution >= 4 is 10.8 Å². The van der Waals surface area contributed by atoms with E-state index in [1.807, 2.05) is 36.4 Å². The van der Waals surface area contributed by atoms with Crippen molar-refractivity contribution in [2.24, 2.45) is 0 Å². The van der Waals surface area contributed by atoms with Crippen LogP contribution in [0.1, 0.15) is 0 Å². The number of benzene rings is 6. The summed E-state index contributed by atoms with van der Waals surface area (Å²) in [6.45, 7) is 0. The molecule has 0 aliphatic heterocycles. The summed E-state index contributed by atoms with van der Waals surface area (Å²) in [6.07, 6.45) is 0. The van der Waals surface area contributed by atoms with E-state index in [9.17, 15) is 0 Å². The minimum Gasteiger partial charge on any atom is -0.228 e. The van der Waals surface area contributed by atoms with Gasteiger partial charge in [-0.1, -0.05) is 127 Å². The Balaban J connectivity index is 1.45. The average molecular weight is 511 g/mol. The van der Waals surface area contributed by atoms with Crippen molar-refractivity contribution in [3.63, 3.8) is 0 Å². The molecule has 0 saturated heterocycles. The van der Waals surface area contributed by atoms with Crippen molar-refractivity contribution in [3.8, 4) is 56.2 Å². The van der Waals surface area contributed by atoms with Gasteiger partial charge in [0.1, 0.15) is 0 Å². The van der Waals surface area contributed by atoms with Gasteiger partial charge < -0.3 is 0 Å². The zero-order valence-electron chi connectivity index (χ0n) is 21.9. The van der Waals surface area contributed by atoms with E-state index in [1.54, 1.807) is 0 Å². The highest BCUT2D eigenvalue weighted by Gasteiger charge is 2.14. The molecule has 0 saturated carbocycles. The van der Waals surface area contributed by atoms with Crippen molar-refractivity contribution in [2.45, 2.75) is 0 Å². The van der Waals surface area contributed by atoms with Gasteiger partial charge in [-0.15, -0.1) is 0 Å². The average Bonchev–Trinajstić information content (AvgIpc) is 3.05. The first-order chi connectivity index (χ1) is 19.8. The van der Waals surface area contributed by atoms with Crippen LogP contribution in [0.5, 0.6) is 0 Å². The lowest BCUT2D eigenvalue weighted by Crippen LogP contribution is -1.97. The third-order valence-electron chi connectivity index (χ3n) is 7.25. The molecule has 40 heavy (non-hydrogen) atoms. The van der Waals surface area contributed by atoms with Crippen LogP contribution >= 0.6 is 0 Å². The number of fused-ring (bicyclic) bond motifs is 1. The van der Waals surface area contributed by atoms with Gasteiger partial charge in [-0.3, -0.25) is 0 Å². The van der Waals surface area contributed by atoms with Crippen LogP contribution in [0.25, 0.3) is 66.9 Å². The minimum absolute atomic E-state index is 0.708. The summed E-state index contributed by atoms with van der Waals surface area (Å²) in [6, 6.07) is 55.1. The van der Waals surface area contributed by atoms with Crippen LogP contribution in [0.2, 0.25) is 0 Å². The molecule has 0 N–H and O–H groups in total. The van der Waals surface area contributed by atoms with Crippen molar-refractivity contribution in [3.05, 3.63) is 158 Å². The number of hydrogen-bond donors (Lipinski definition) is 0. The molecular weight excluding hydrogens is 484 g/mol. The van der Waals surface area contributed by atoms with Gasteiger partial charge in [0.05, 0.1) is 11.4 Å². The van der Waals surface area contributed by atoms with Gasteiger partial charge in [0.25, 0.3) is 0 Å². The summed E-state index contributed by atoms with van der Waals surface area (Å²) >= 11 is 0. The largest absolute Gasteiger partial charge is 0.228 e. The lowest BCUT2D eigenvalue weighted by atomic mass is 9.94. The fourth-order valence-corrected chi connectivity index (χ4v) is 5.18. The smallest absolute Gasteiger partial charge is 0.160 e. The van der Waals surface area contributed by atoms with E-state index in [0.29, 0.717) is 5.82 Å². The van der Waals surface area contributed by atoms with Gasteiger partial charge in [-0.05, 0) is 63.4 Å². The Kier molecular flexibility index (Phi) is 6.20. The molecule has 6 aromatic carbocycles. The third kappa shape index (κ3) is 4.79. The van der Waals surface area contributed by atoms with Crippen LogP contribution in [-0.2, 0) is 0 Å². The highest BCUT2D eigenvalue weighted by molar-refractivity contribution is 5.89. The van der Waals surface area contributed by atoms with Crippen molar-refractivity contribution in [1.82, 2.24) is 9.97 Å². The SMILES string of the molecule is c1ccc(-c2cc(-c3ccc4ccccc4c3)cc(-c3nc(-c4ccccc4)cc(-c4ccccc4)n3)c2)cc1. The monoisotopic (exact) mass is 510 g/mol. The molecule has 1 heterocycles. The Morgan fingerprint density at radius 3 is 1.35 bits per heavy atom. The molecule has 7 rings (SSSR count). The fraction of sp³-hybridized carbons (Fsp3) is 0. The Hall–Kier alpha value is -5.34. The predicted molar refractivity (Wildman–Crippen MR) is 167 cm³/mol. The molecular formula is C38H26N2. The van der Waals surface area contributed by atoms with E-state index in [0.717, 1.165) is 44.8 Å². The van der Waals surface area contributed by atoms with Crippen LogP contribution < -0.4 is 0 Å². The van der Waals surface area contributed by atoms with Crippen LogP contribution in [0.4, 0.5) is 0 Å². The molecule has 0 bridgehead atoms. The Morgan fingerprint density at radius 2 is 0.750 bits per heavy atom. The number of hydrogen-bond acceptors (Lipinski definition) is 2. The maximum absolute atomic E-state index is 5.11. The maximum Gasteiger partial charge on any atom is 0.160 e. The summed E-state index contributed by atoms with van der Waals surface area (Å²) in [7, 11) is 0. The van der Waals surface area contributed by atoms with Gasteiger partial charge in [-0.25, -0.2) is 9.97 Å². The van der Waals surface area contributed by atoms with Gasteiger partial charge >= 0.3 is 0 Å². The fourth-order valence-electron chi connectivity index (χ4n) is 5.18. The summed E-state index contributed by atoms with van der Waals surface area (Å²) in [5.74, 6) is 0.708. The second kappa shape index (κ2) is 10.4. The van der Waals surface area contributed by atoms with Crippen LogP contribution in [-0.4, -0.2) is 9.97 Å². The van der Waals surface area contributed by atoms with E-state index >= 15 is 0 Å². The Labute approximate surface area is 234 Å². The lowest BCUT2D eigenvalue weighted by molar-refractivity contribution is 1.18. The summed E-state index contributed by atoms with van der Waals surface area (Å²) in [5.41, 5.74) is 9.53. The second-order valence-corrected chi connectivity index (χ2v) is 9.92. The van der Waals surface area contributed by atoms with Crippen LogP contribution in [0, 0.1) is 0 Å². The molecule has 188 valence electrons. The topological polar surface area (TPSA) is 25.8 Å². The summed E-state index contributed by atoms with van der Waals surface area (Å²) < 4.78 is 0. The molecule has 0 amide bonds. The first kappa shape index (κ1) is 23.8. The Bertz CT molecular complexity index is 1870. The van der Waals surface area contributed by atoms with Gasteiger partial charge in [-0.2, -0.15) is 0 Å². The quantitative estimate of drug-likeness (QED) is 0.230. The first-order valence-electron chi connectivity index (χ1n) is 13.5. The molecule has 2 nitrogen and oxygen atoms in total. The van der Waals surface area contributed by atoms with Crippen molar-refractivity contribution in [2.75, 3.05) is 0 Å². The third-order valence-corrected chi connectivity index (χ3v) is 7.25. The molecule has 2 heteroatoms. The molecule has 0 radical (unpaired) electrons. The van der Waals surface area contributed by atoms with Crippen LogP contribution in [0.15, 0.2) is 158 Å². The molecule has 0 spiro atoms. The number of nitrogens with zero attached hydrogens (tertiary/aromatic N) is 2. The van der Waals surface area contributed by atoms with E-state index in [2.05, 4.69) is 121 Å². The van der Waals surface area contributed by atoms with E-state index in [-0.39, 0.29) is 0 Å². The normalized spacial score (nSPS) is 11.0. The molecule has 0 aliphatic rings. The standard InChI is InChI=1S/C38H26N2/c1-4-12-27(13-5-1)33-23-34(32-21-20-28-14-10-11-19-31(28)22-32)25-35(24-33)38-39-36(29-15-6-2-7-16-29)26-37(40-38)30-17-8-3-9-18-30/h1-26H. The maximum atomic E-state index is 5.11. The van der Waals surface area contributed by atoms with Crippen LogP contribution in [0.3, 0.4) is 0 Å². The summed E-state index contributed by atoms with van der Waals surface area (Å²) in [5, 5.41) is 2.46. The molecule has 0 aliphatic carbocycles. The highest BCUT2D eigenvalue weighted by Crippen LogP contribution is 2.35. The molecule has 0 fully saturated rings. The molecule has 0 unspecified atom stereocenters. The zero-order chi connectivity index (χ0) is 26.7. The van der Waals surface area contributed by atoms with E-state index < -0.39 is 0 Å². The lowest BCUT2D eigenvalue weighted by Gasteiger charge is -2.13. The zero-order valence-corrected chi connectivity index (χ0v) is 21.9. The highest BCUT2D eigenvalue weighted by atomic mass is 14.9. The van der Waals surface area contributed by atoms with E-state index in [1.165, 1.54) is 16.3 Å². The number of aromatic nitrogens is 2. The van der Waals surface area contributed by atoms with Gasteiger partial charge in [0.2, 0.25) is 0 Å². The molecule has 0 atom stereocenters.